The summed E-state index contributed by atoms with van der Waals surface area (Å²) in [5.74, 6) is 2.29. The highest BCUT2D eigenvalue weighted by molar-refractivity contribution is 5.56. The molecule has 0 aromatic heterocycles. The van der Waals surface area contributed by atoms with E-state index in [4.69, 9.17) is 4.74 Å². The molecule has 1 aliphatic heterocycles. The van der Waals surface area contributed by atoms with Crippen LogP contribution in [0.2, 0.25) is 0 Å². The summed E-state index contributed by atoms with van der Waals surface area (Å²) in [4.78, 5) is 0. The van der Waals surface area contributed by atoms with Gasteiger partial charge in [0.1, 0.15) is 17.1 Å². The van der Waals surface area contributed by atoms with Gasteiger partial charge in [0.25, 0.3) is 0 Å². The number of aryl methyl sites for hydroxylation is 1. The summed E-state index contributed by atoms with van der Waals surface area (Å²) in [6.07, 6.45) is 9.20. The van der Waals surface area contributed by atoms with Gasteiger partial charge in [-0.3, -0.25) is 0 Å². The van der Waals surface area contributed by atoms with Gasteiger partial charge >= 0.3 is 0 Å². The molecule has 0 saturated carbocycles. The molecule has 0 fully saturated rings. The van der Waals surface area contributed by atoms with Crippen LogP contribution in [-0.2, 0) is 6.42 Å². The van der Waals surface area contributed by atoms with E-state index < -0.39 is 0 Å². The number of ether oxygens (including phenoxy) is 1. The zero-order chi connectivity index (χ0) is 16.6. The van der Waals surface area contributed by atoms with Crippen LogP contribution in [0.15, 0.2) is 23.8 Å². The number of rotatable bonds is 4. The molecule has 3 rings (SSSR count). The van der Waals surface area contributed by atoms with Crippen LogP contribution in [0.25, 0.3) is 0 Å². The van der Waals surface area contributed by atoms with Crippen LogP contribution >= 0.6 is 0 Å². The molecule has 0 bridgehead atoms. The maximum atomic E-state index is 10.7. The minimum absolute atomic E-state index is 0.272. The molecular weight excluding hydrogens is 284 g/mol. The Labute approximate surface area is 140 Å². The van der Waals surface area contributed by atoms with Gasteiger partial charge in [-0.15, -0.1) is 0 Å². The lowest BCUT2D eigenvalue weighted by atomic mass is 9.70. The standard InChI is InChI=1S/C21H30O2/c1-5-6-7-8-15-12-18(22)20-16-11-14(2)9-10-17(16)21(3,4)23-19(20)13-15/h10,12-14,16,22H,5-9,11H2,1-4H3/t14-,16-/m1/s1. The molecule has 1 aliphatic carbocycles. The predicted octanol–water partition coefficient (Wildman–Crippen LogP) is 5.74. The van der Waals surface area contributed by atoms with Crippen molar-refractivity contribution in [2.75, 3.05) is 0 Å². The first-order valence-corrected chi connectivity index (χ1v) is 9.17. The van der Waals surface area contributed by atoms with E-state index >= 15 is 0 Å². The van der Waals surface area contributed by atoms with Gasteiger partial charge in [-0.2, -0.15) is 0 Å². The smallest absolute Gasteiger partial charge is 0.128 e. The summed E-state index contributed by atoms with van der Waals surface area (Å²) in [5.41, 5.74) is 3.28. The molecule has 2 nitrogen and oxygen atoms in total. The van der Waals surface area contributed by atoms with Crippen LogP contribution in [-0.4, -0.2) is 10.7 Å². The predicted molar refractivity (Wildman–Crippen MR) is 95.3 cm³/mol. The first-order valence-electron chi connectivity index (χ1n) is 9.17. The van der Waals surface area contributed by atoms with Crippen molar-refractivity contribution in [2.45, 2.75) is 77.7 Å². The van der Waals surface area contributed by atoms with Crippen molar-refractivity contribution < 1.29 is 9.84 Å². The number of benzene rings is 1. The number of hydrogen-bond acceptors (Lipinski definition) is 2. The molecule has 0 radical (unpaired) electrons. The largest absolute Gasteiger partial charge is 0.507 e. The zero-order valence-electron chi connectivity index (χ0n) is 15.0. The van der Waals surface area contributed by atoms with Crippen LogP contribution in [0.5, 0.6) is 11.5 Å². The van der Waals surface area contributed by atoms with Crippen LogP contribution in [0, 0.1) is 5.92 Å². The maximum Gasteiger partial charge on any atom is 0.128 e. The number of allylic oxidation sites excluding steroid dienone is 1. The topological polar surface area (TPSA) is 29.5 Å². The van der Waals surface area contributed by atoms with Gasteiger partial charge in [0.15, 0.2) is 0 Å². The second kappa shape index (κ2) is 6.22. The van der Waals surface area contributed by atoms with Crippen molar-refractivity contribution in [3.63, 3.8) is 0 Å². The number of unbranched alkanes of at least 4 members (excludes halogenated alkanes) is 2. The van der Waals surface area contributed by atoms with E-state index in [1.54, 1.807) is 0 Å². The SMILES string of the molecule is CCCCCc1cc(O)c2c(c1)OC(C)(C)C1=CC[C@@H](C)C[C@H]12. The molecule has 0 spiro atoms. The fourth-order valence-corrected chi connectivity index (χ4v) is 4.19. The fraction of sp³-hybridized carbons (Fsp3) is 0.619. The Hall–Kier alpha value is -1.44. The Bertz CT molecular complexity index is 613. The summed E-state index contributed by atoms with van der Waals surface area (Å²) in [7, 11) is 0. The Balaban J connectivity index is 1.98. The van der Waals surface area contributed by atoms with E-state index in [0.29, 0.717) is 17.6 Å². The Morgan fingerprint density at radius 2 is 2.04 bits per heavy atom. The third kappa shape index (κ3) is 3.13. The quantitative estimate of drug-likeness (QED) is 0.567. The monoisotopic (exact) mass is 314 g/mol. The lowest BCUT2D eigenvalue weighted by Crippen LogP contribution is -2.39. The third-order valence-corrected chi connectivity index (χ3v) is 5.41. The van der Waals surface area contributed by atoms with Gasteiger partial charge in [0.2, 0.25) is 0 Å². The molecule has 2 atom stereocenters. The molecule has 0 unspecified atom stereocenters. The molecule has 2 aliphatic rings. The first-order chi connectivity index (χ1) is 10.9. The number of hydrogen-bond donors (Lipinski definition) is 1. The Morgan fingerprint density at radius 1 is 1.26 bits per heavy atom. The molecule has 1 heterocycles. The zero-order valence-corrected chi connectivity index (χ0v) is 15.0. The number of phenolic OH excluding ortho intramolecular Hbond substituents is 1. The van der Waals surface area contributed by atoms with Gasteiger partial charge in [-0.05, 0) is 68.7 Å². The molecule has 2 heteroatoms. The molecule has 1 aromatic carbocycles. The van der Waals surface area contributed by atoms with E-state index in [2.05, 4.69) is 39.8 Å². The second-order valence-electron chi connectivity index (χ2n) is 7.88. The van der Waals surface area contributed by atoms with Gasteiger partial charge in [-0.1, -0.05) is 32.8 Å². The normalized spacial score (nSPS) is 25.1. The van der Waals surface area contributed by atoms with E-state index in [1.807, 2.05) is 6.07 Å². The van der Waals surface area contributed by atoms with Crippen molar-refractivity contribution in [3.8, 4) is 11.5 Å². The summed E-state index contributed by atoms with van der Waals surface area (Å²) < 4.78 is 6.32. The molecule has 0 amide bonds. The fourth-order valence-electron chi connectivity index (χ4n) is 4.19. The molecule has 23 heavy (non-hydrogen) atoms. The highest BCUT2D eigenvalue weighted by Gasteiger charge is 2.42. The minimum atomic E-state index is -0.272. The van der Waals surface area contributed by atoms with Crippen molar-refractivity contribution in [2.24, 2.45) is 5.92 Å². The molecule has 126 valence electrons. The third-order valence-electron chi connectivity index (χ3n) is 5.41. The van der Waals surface area contributed by atoms with Crippen molar-refractivity contribution in [1.29, 1.82) is 0 Å². The lowest BCUT2D eigenvalue weighted by Gasteiger charge is -2.43. The lowest BCUT2D eigenvalue weighted by molar-refractivity contribution is 0.117. The molecule has 0 saturated heterocycles. The van der Waals surface area contributed by atoms with E-state index in [-0.39, 0.29) is 5.60 Å². The molecular formula is C21H30O2. The molecule has 1 N–H and O–H groups in total. The number of fused-ring (bicyclic) bond motifs is 3. The van der Waals surface area contributed by atoms with E-state index in [9.17, 15) is 5.11 Å². The number of phenols is 1. The van der Waals surface area contributed by atoms with Gasteiger partial charge < -0.3 is 9.84 Å². The van der Waals surface area contributed by atoms with Crippen LogP contribution in [0.4, 0.5) is 0 Å². The van der Waals surface area contributed by atoms with Gasteiger partial charge in [0.05, 0.1) is 0 Å². The van der Waals surface area contributed by atoms with Crippen LogP contribution in [0.1, 0.15) is 76.8 Å². The Morgan fingerprint density at radius 3 is 2.78 bits per heavy atom. The van der Waals surface area contributed by atoms with E-state index in [0.717, 1.165) is 30.6 Å². The highest BCUT2D eigenvalue weighted by Crippen LogP contribution is 2.53. The molecule has 1 aromatic rings. The highest BCUT2D eigenvalue weighted by atomic mass is 16.5. The minimum Gasteiger partial charge on any atom is -0.507 e. The summed E-state index contributed by atoms with van der Waals surface area (Å²) in [5, 5.41) is 10.7. The summed E-state index contributed by atoms with van der Waals surface area (Å²) in [6.45, 7) is 8.83. The average molecular weight is 314 g/mol. The Kier molecular flexibility index (Phi) is 4.44. The second-order valence-corrected chi connectivity index (χ2v) is 7.88. The van der Waals surface area contributed by atoms with E-state index in [1.165, 1.54) is 30.4 Å². The first kappa shape index (κ1) is 16.4. The van der Waals surface area contributed by atoms with Gasteiger partial charge in [-0.25, -0.2) is 0 Å². The summed E-state index contributed by atoms with van der Waals surface area (Å²) >= 11 is 0. The van der Waals surface area contributed by atoms with Crippen molar-refractivity contribution >= 4 is 0 Å². The average Bonchev–Trinajstić information content (AvgIpc) is 2.46. The van der Waals surface area contributed by atoms with Crippen molar-refractivity contribution in [3.05, 3.63) is 34.9 Å². The van der Waals surface area contributed by atoms with Crippen molar-refractivity contribution in [1.82, 2.24) is 0 Å². The number of aromatic hydroxyl groups is 1. The van der Waals surface area contributed by atoms with Gasteiger partial charge in [0, 0.05) is 11.5 Å². The van der Waals surface area contributed by atoms with Crippen LogP contribution < -0.4 is 4.74 Å². The maximum absolute atomic E-state index is 10.7. The summed E-state index contributed by atoms with van der Waals surface area (Å²) in [6, 6.07) is 4.13. The van der Waals surface area contributed by atoms with Crippen LogP contribution in [0.3, 0.4) is 0 Å².